The van der Waals surface area contributed by atoms with Gasteiger partial charge < -0.3 is 9.64 Å². The van der Waals surface area contributed by atoms with E-state index >= 15 is 0 Å². The molecule has 0 spiro atoms. The van der Waals surface area contributed by atoms with Gasteiger partial charge in [-0.25, -0.2) is 0 Å². The fraction of sp³-hybridized carbons (Fsp3) is 0.350. The number of fused-ring (bicyclic) bond motifs is 1. The van der Waals surface area contributed by atoms with Crippen LogP contribution in [0.25, 0.3) is 0 Å². The van der Waals surface area contributed by atoms with Crippen molar-refractivity contribution in [2.45, 2.75) is 25.2 Å². The summed E-state index contributed by atoms with van der Waals surface area (Å²) in [6.45, 7) is 0.705. The van der Waals surface area contributed by atoms with E-state index in [1.807, 2.05) is 49.5 Å². The first-order valence-corrected chi connectivity index (χ1v) is 9.47. The van der Waals surface area contributed by atoms with Gasteiger partial charge in [0.1, 0.15) is 5.75 Å². The lowest BCUT2D eigenvalue weighted by atomic mass is 9.86. The highest BCUT2D eigenvalue weighted by molar-refractivity contribution is 9.09. The van der Waals surface area contributed by atoms with Gasteiger partial charge in [0.05, 0.1) is 12.5 Å². The molecule has 0 N–H and O–H groups in total. The zero-order chi connectivity index (χ0) is 16.9. The van der Waals surface area contributed by atoms with Gasteiger partial charge in [-0.3, -0.25) is 4.79 Å². The van der Waals surface area contributed by atoms with Crippen LogP contribution in [0.1, 0.15) is 29.9 Å². The third-order valence-electron chi connectivity index (χ3n) is 4.46. The lowest BCUT2D eigenvalue weighted by molar-refractivity contribution is -0.120. The lowest BCUT2D eigenvalue weighted by Gasteiger charge is -2.31. The Bertz CT molecular complexity index is 716. The Balaban J connectivity index is 1.78. The zero-order valence-electron chi connectivity index (χ0n) is 13.9. The van der Waals surface area contributed by atoms with Gasteiger partial charge in [0.15, 0.2) is 0 Å². The van der Waals surface area contributed by atoms with Crippen molar-refractivity contribution in [3.63, 3.8) is 0 Å². The summed E-state index contributed by atoms with van der Waals surface area (Å²) in [5.41, 5.74) is 3.26. The Morgan fingerprint density at radius 1 is 1.17 bits per heavy atom. The predicted octanol–water partition coefficient (Wildman–Crippen LogP) is 4.54. The van der Waals surface area contributed by atoms with Crippen molar-refractivity contribution in [3.05, 3.63) is 59.7 Å². The number of halogens is 1. The smallest absolute Gasteiger partial charge is 0.234 e. The van der Waals surface area contributed by atoms with Crippen LogP contribution in [0.2, 0.25) is 0 Å². The number of ether oxygens (including phenoxy) is 1. The van der Waals surface area contributed by atoms with E-state index in [9.17, 15) is 4.79 Å². The Kier molecular flexibility index (Phi) is 5.56. The molecule has 2 aromatic carbocycles. The summed E-state index contributed by atoms with van der Waals surface area (Å²) in [5.74, 6) is 0.845. The highest BCUT2D eigenvalue weighted by Gasteiger charge is 2.31. The van der Waals surface area contributed by atoms with Gasteiger partial charge in [0.2, 0.25) is 5.91 Å². The number of amides is 1. The van der Waals surface area contributed by atoms with Crippen LogP contribution < -0.4 is 9.64 Å². The lowest BCUT2D eigenvalue weighted by Crippen LogP contribution is -2.37. The topological polar surface area (TPSA) is 29.5 Å². The fourth-order valence-corrected chi connectivity index (χ4v) is 3.53. The number of alkyl halides is 1. The molecule has 3 nitrogen and oxygen atoms in total. The summed E-state index contributed by atoms with van der Waals surface area (Å²) >= 11 is 3.43. The van der Waals surface area contributed by atoms with Crippen LogP contribution in [0.4, 0.5) is 5.69 Å². The molecule has 24 heavy (non-hydrogen) atoms. The van der Waals surface area contributed by atoms with Gasteiger partial charge in [0, 0.05) is 18.1 Å². The van der Waals surface area contributed by atoms with Crippen molar-refractivity contribution in [3.8, 4) is 5.75 Å². The fourth-order valence-electron chi connectivity index (χ4n) is 3.14. The van der Waals surface area contributed by atoms with Gasteiger partial charge >= 0.3 is 0 Å². The Hall–Kier alpha value is -1.81. The van der Waals surface area contributed by atoms with Crippen LogP contribution in [-0.4, -0.2) is 24.9 Å². The Labute approximate surface area is 151 Å². The van der Waals surface area contributed by atoms with Crippen LogP contribution in [0.5, 0.6) is 5.75 Å². The predicted molar refractivity (Wildman–Crippen MR) is 101 cm³/mol. The molecule has 4 heteroatoms. The monoisotopic (exact) mass is 387 g/mol. The molecule has 0 saturated heterocycles. The number of carbonyl (C=O) groups is 1. The molecule has 0 saturated carbocycles. The van der Waals surface area contributed by atoms with E-state index in [0.717, 1.165) is 41.6 Å². The molecular formula is C20H22BrNO2. The summed E-state index contributed by atoms with van der Waals surface area (Å²) in [7, 11) is 1.86. The van der Waals surface area contributed by atoms with Gasteiger partial charge in [-0.2, -0.15) is 0 Å². The summed E-state index contributed by atoms with van der Waals surface area (Å²) in [5, 5.41) is 0.999. The molecule has 0 bridgehead atoms. The summed E-state index contributed by atoms with van der Waals surface area (Å²) in [6.07, 6.45) is 2.86. The minimum atomic E-state index is -0.143. The number of para-hydroxylation sites is 1. The van der Waals surface area contributed by atoms with Crippen LogP contribution in [0, 0.1) is 0 Å². The molecule has 0 radical (unpaired) electrons. The highest BCUT2D eigenvalue weighted by atomic mass is 79.9. The average Bonchev–Trinajstić information content (AvgIpc) is 2.62. The van der Waals surface area contributed by atoms with Gasteiger partial charge in [0.25, 0.3) is 0 Å². The molecule has 0 fully saturated rings. The van der Waals surface area contributed by atoms with E-state index in [1.165, 1.54) is 5.56 Å². The molecule has 1 unspecified atom stereocenters. The van der Waals surface area contributed by atoms with Crippen LogP contribution >= 0.6 is 15.9 Å². The Morgan fingerprint density at radius 3 is 2.83 bits per heavy atom. The molecule has 1 heterocycles. The van der Waals surface area contributed by atoms with Crippen molar-refractivity contribution in [1.29, 1.82) is 0 Å². The summed E-state index contributed by atoms with van der Waals surface area (Å²) < 4.78 is 5.83. The molecule has 1 amide bonds. The molecule has 3 rings (SSSR count). The van der Waals surface area contributed by atoms with Crippen molar-refractivity contribution < 1.29 is 9.53 Å². The van der Waals surface area contributed by atoms with Crippen molar-refractivity contribution in [2.24, 2.45) is 0 Å². The number of likely N-dealkylation sites (N-methyl/N-ethyl adjacent to an activating group) is 1. The van der Waals surface area contributed by atoms with E-state index in [4.69, 9.17) is 4.74 Å². The first-order valence-electron chi connectivity index (χ1n) is 8.35. The Morgan fingerprint density at radius 2 is 2.00 bits per heavy atom. The zero-order valence-corrected chi connectivity index (χ0v) is 15.5. The second kappa shape index (κ2) is 7.84. The first-order chi connectivity index (χ1) is 11.7. The number of carbonyl (C=O) groups excluding carboxylic acids is 1. The SMILES string of the molecule is CN1C(=O)C(c2cccc(OCCCCBr)c2)Cc2ccccc21. The molecule has 1 aliphatic heterocycles. The molecular weight excluding hydrogens is 366 g/mol. The average molecular weight is 388 g/mol. The maximum absolute atomic E-state index is 12.8. The minimum absolute atomic E-state index is 0.143. The molecule has 126 valence electrons. The van der Waals surface area contributed by atoms with Crippen molar-refractivity contribution >= 4 is 27.5 Å². The van der Waals surface area contributed by atoms with Crippen molar-refractivity contribution in [2.75, 3.05) is 23.9 Å². The number of unbranched alkanes of at least 4 members (excludes halogenated alkanes) is 1. The van der Waals surface area contributed by atoms with E-state index < -0.39 is 0 Å². The highest BCUT2D eigenvalue weighted by Crippen LogP contribution is 2.35. The number of rotatable bonds is 6. The first kappa shape index (κ1) is 17.0. The number of benzene rings is 2. The number of hydrogen-bond donors (Lipinski definition) is 0. The minimum Gasteiger partial charge on any atom is -0.494 e. The van der Waals surface area contributed by atoms with Crippen molar-refractivity contribution in [1.82, 2.24) is 0 Å². The third kappa shape index (κ3) is 3.64. The van der Waals surface area contributed by atoms with Crippen LogP contribution in [0.3, 0.4) is 0 Å². The second-order valence-electron chi connectivity index (χ2n) is 6.10. The van der Waals surface area contributed by atoms with E-state index in [1.54, 1.807) is 4.90 Å². The standard InChI is InChI=1S/C20H22BrNO2/c1-22-19-10-3-2-7-16(19)14-18(20(22)23)15-8-6-9-17(13-15)24-12-5-4-11-21/h2-3,6-10,13,18H,4-5,11-12,14H2,1H3. The van der Waals surface area contributed by atoms with E-state index in [0.29, 0.717) is 6.61 Å². The third-order valence-corrected chi connectivity index (χ3v) is 5.02. The number of hydrogen-bond acceptors (Lipinski definition) is 2. The molecule has 0 aromatic heterocycles. The number of nitrogens with zero attached hydrogens (tertiary/aromatic N) is 1. The molecule has 1 atom stereocenters. The van der Waals surface area contributed by atoms with Crippen LogP contribution in [-0.2, 0) is 11.2 Å². The molecule has 2 aromatic rings. The largest absolute Gasteiger partial charge is 0.494 e. The quantitative estimate of drug-likeness (QED) is 0.537. The molecule has 0 aliphatic carbocycles. The number of anilines is 1. The van der Waals surface area contributed by atoms with Gasteiger partial charge in [-0.15, -0.1) is 0 Å². The maximum Gasteiger partial charge on any atom is 0.234 e. The normalized spacial score (nSPS) is 16.8. The molecule has 1 aliphatic rings. The van der Waals surface area contributed by atoms with Gasteiger partial charge in [-0.1, -0.05) is 46.3 Å². The van der Waals surface area contributed by atoms with Crippen LogP contribution in [0.15, 0.2) is 48.5 Å². The summed E-state index contributed by atoms with van der Waals surface area (Å²) in [4.78, 5) is 14.5. The summed E-state index contributed by atoms with van der Waals surface area (Å²) in [6, 6.07) is 16.1. The van der Waals surface area contributed by atoms with E-state index in [2.05, 4.69) is 22.0 Å². The second-order valence-corrected chi connectivity index (χ2v) is 6.89. The van der Waals surface area contributed by atoms with E-state index in [-0.39, 0.29) is 11.8 Å². The van der Waals surface area contributed by atoms with Gasteiger partial charge in [-0.05, 0) is 48.6 Å². The maximum atomic E-state index is 12.8.